The van der Waals surface area contributed by atoms with Gasteiger partial charge in [0.2, 0.25) is 0 Å². The van der Waals surface area contributed by atoms with Crippen molar-refractivity contribution in [3.05, 3.63) is 105 Å². The number of rotatable bonds is 7. The molecular weight excluding hydrogens is 528 g/mol. The van der Waals surface area contributed by atoms with Crippen LogP contribution in [-0.4, -0.2) is 6.61 Å². The molecule has 0 unspecified atom stereocenters. The van der Waals surface area contributed by atoms with E-state index in [0.717, 1.165) is 31.0 Å². The molecule has 3 nitrogen and oxygen atoms in total. The monoisotopic (exact) mass is 549 g/mol. The molecule has 33 heavy (non-hydrogen) atoms. The topological polar surface area (TPSA) is 42.2 Å². The zero-order valence-corrected chi connectivity index (χ0v) is 20.2. The molecule has 0 heterocycles. The second kappa shape index (κ2) is 10.5. The molecule has 0 aliphatic rings. The van der Waals surface area contributed by atoms with E-state index in [1.54, 1.807) is 6.07 Å². The highest BCUT2D eigenvalue weighted by Gasteiger charge is 2.13. The van der Waals surface area contributed by atoms with Crippen LogP contribution in [0.15, 0.2) is 78.9 Å². The molecule has 0 N–H and O–H groups in total. The normalized spacial score (nSPS) is 11.3. The summed E-state index contributed by atoms with van der Waals surface area (Å²) in [5, 5.41) is 12.1. The van der Waals surface area contributed by atoms with E-state index in [1.165, 1.54) is 12.1 Å². The van der Waals surface area contributed by atoms with E-state index >= 15 is 0 Å². The Labute approximate surface area is 206 Å². The van der Waals surface area contributed by atoms with Gasteiger partial charge >= 0.3 is 0 Å². The van der Waals surface area contributed by atoms with Crippen LogP contribution in [0.4, 0.5) is 4.39 Å². The quantitative estimate of drug-likeness (QED) is 0.135. The number of nitrogens with zero attached hydrogens (tertiary/aromatic N) is 1. The average Bonchev–Trinajstić information content (AvgIpc) is 2.82. The number of benzene rings is 4. The molecule has 0 saturated heterocycles. The van der Waals surface area contributed by atoms with Gasteiger partial charge < -0.3 is 9.47 Å². The van der Waals surface area contributed by atoms with Crippen molar-refractivity contribution in [1.82, 2.24) is 0 Å². The molecule has 0 spiro atoms. The predicted molar refractivity (Wildman–Crippen MR) is 138 cm³/mol. The maximum Gasteiger partial charge on any atom is 0.175 e. The molecular formula is C28H21FINO2. The molecule has 0 atom stereocenters. The number of hydrogen-bond donors (Lipinski definition) is 0. The molecule has 0 radical (unpaired) electrons. The summed E-state index contributed by atoms with van der Waals surface area (Å²) in [5.74, 6) is 0.889. The van der Waals surface area contributed by atoms with Crippen LogP contribution in [0.25, 0.3) is 22.4 Å². The van der Waals surface area contributed by atoms with Crippen LogP contribution in [-0.2, 0) is 6.61 Å². The highest BCUT2D eigenvalue weighted by molar-refractivity contribution is 14.1. The number of halogens is 2. The summed E-state index contributed by atoms with van der Waals surface area (Å²) in [4.78, 5) is 0. The van der Waals surface area contributed by atoms with Gasteiger partial charge in [-0.15, -0.1) is 0 Å². The van der Waals surface area contributed by atoms with Crippen LogP contribution in [0.2, 0.25) is 0 Å². The smallest absolute Gasteiger partial charge is 0.175 e. The van der Waals surface area contributed by atoms with Gasteiger partial charge in [-0.1, -0.05) is 48.5 Å². The van der Waals surface area contributed by atoms with Gasteiger partial charge in [-0.2, -0.15) is 5.26 Å². The van der Waals surface area contributed by atoms with Gasteiger partial charge in [0, 0.05) is 0 Å². The summed E-state index contributed by atoms with van der Waals surface area (Å²) in [7, 11) is 0. The molecule has 0 aromatic heterocycles. The molecule has 164 valence electrons. The summed E-state index contributed by atoms with van der Waals surface area (Å²) >= 11 is 2.19. The van der Waals surface area contributed by atoms with Crippen LogP contribution < -0.4 is 9.47 Å². The Morgan fingerprint density at radius 3 is 2.55 bits per heavy atom. The van der Waals surface area contributed by atoms with E-state index in [-0.39, 0.29) is 12.4 Å². The van der Waals surface area contributed by atoms with Crippen molar-refractivity contribution in [3.63, 3.8) is 0 Å². The lowest BCUT2D eigenvalue weighted by atomic mass is 10.00. The largest absolute Gasteiger partial charge is 0.490 e. The van der Waals surface area contributed by atoms with Crippen LogP contribution in [0.5, 0.6) is 11.5 Å². The maximum absolute atomic E-state index is 13.5. The molecule has 0 saturated carbocycles. The third-order valence-electron chi connectivity index (χ3n) is 5.10. The Morgan fingerprint density at radius 1 is 0.970 bits per heavy atom. The minimum Gasteiger partial charge on any atom is -0.490 e. The second-order valence-corrected chi connectivity index (χ2v) is 8.58. The van der Waals surface area contributed by atoms with Crippen molar-refractivity contribution in [1.29, 1.82) is 5.26 Å². The molecule has 5 heteroatoms. The minimum absolute atomic E-state index is 0.226. The van der Waals surface area contributed by atoms with E-state index in [1.807, 2.05) is 73.7 Å². The van der Waals surface area contributed by atoms with Gasteiger partial charge in [-0.05, 0) is 93.4 Å². The maximum atomic E-state index is 13.5. The Bertz CT molecular complexity index is 1370. The first-order chi connectivity index (χ1) is 16.1. The van der Waals surface area contributed by atoms with Crippen LogP contribution in [0.1, 0.15) is 23.6 Å². The Kier molecular flexibility index (Phi) is 7.26. The van der Waals surface area contributed by atoms with Crippen LogP contribution >= 0.6 is 22.6 Å². The lowest BCUT2D eigenvalue weighted by Gasteiger charge is -2.15. The van der Waals surface area contributed by atoms with Crippen molar-refractivity contribution in [2.24, 2.45) is 0 Å². The van der Waals surface area contributed by atoms with Crippen LogP contribution in [0, 0.1) is 20.7 Å². The first kappa shape index (κ1) is 22.8. The Balaban J connectivity index is 1.66. The van der Waals surface area contributed by atoms with Crippen LogP contribution in [0.3, 0.4) is 0 Å². The molecule has 0 bridgehead atoms. The fourth-order valence-corrected chi connectivity index (χ4v) is 4.34. The van der Waals surface area contributed by atoms with Gasteiger partial charge in [0.25, 0.3) is 0 Å². The fraction of sp³-hybridized carbons (Fsp3) is 0.107. The van der Waals surface area contributed by atoms with Crippen molar-refractivity contribution < 1.29 is 13.9 Å². The van der Waals surface area contributed by atoms with Gasteiger partial charge in [0.15, 0.2) is 11.5 Å². The first-order valence-corrected chi connectivity index (χ1v) is 11.6. The third-order valence-corrected chi connectivity index (χ3v) is 5.90. The number of allylic oxidation sites excluding steroid dienone is 1. The minimum atomic E-state index is -0.297. The third kappa shape index (κ3) is 5.52. The predicted octanol–water partition coefficient (Wildman–Crippen LogP) is 7.63. The Hall–Kier alpha value is -3.37. The molecule has 0 fully saturated rings. The van der Waals surface area contributed by atoms with E-state index in [0.29, 0.717) is 23.7 Å². The summed E-state index contributed by atoms with van der Waals surface area (Å²) in [6.45, 7) is 2.60. The van der Waals surface area contributed by atoms with E-state index in [4.69, 9.17) is 9.47 Å². The SMILES string of the molecule is CCOc1cc(/C=C(/C#N)c2ccc3ccccc3c2)cc(I)c1OCc1cccc(F)c1. The van der Waals surface area contributed by atoms with E-state index in [9.17, 15) is 9.65 Å². The van der Waals surface area contributed by atoms with Crippen molar-refractivity contribution in [2.75, 3.05) is 6.61 Å². The average molecular weight is 549 g/mol. The molecule has 4 aromatic carbocycles. The van der Waals surface area contributed by atoms with E-state index in [2.05, 4.69) is 28.7 Å². The molecule has 0 aliphatic carbocycles. The lowest BCUT2D eigenvalue weighted by molar-refractivity contribution is 0.267. The molecule has 0 aliphatic heterocycles. The summed E-state index contributed by atoms with van der Waals surface area (Å²) in [6, 6.07) is 26.5. The van der Waals surface area contributed by atoms with Crippen molar-refractivity contribution in [2.45, 2.75) is 13.5 Å². The second-order valence-electron chi connectivity index (χ2n) is 7.41. The summed E-state index contributed by atoms with van der Waals surface area (Å²) < 4.78 is 26.2. The van der Waals surface area contributed by atoms with Crippen molar-refractivity contribution >= 4 is 45.0 Å². The first-order valence-electron chi connectivity index (χ1n) is 10.5. The summed E-state index contributed by atoms with van der Waals surface area (Å²) in [6.07, 6.45) is 1.85. The zero-order chi connectivity index (χ0) is 23.2. The van der Waals surface area contributed by atoms with Crippen molar-refractivity contribution in [3.8, 4) is 17.6 Å². The standard InChI is InChI=1S/C28H21FINO2/c1-2-32-27-15-20(14-26(30)28(27)33-18-19-6-5-9-25(29)13-19)12-24(17-31)23-11-10-21-7-3-4-8-22(21)16-23/h3-16H,2,18H2,1H3/b24-12-. The van der Waals surface area contributed by atoms with Gasteiger partial charge in [-0.25, -0.2) is 4.39 Å². The Morgan fingerprint density at radius 2 is 1.79 bits per heavy atom. The number of nitriles is 1. The number of fused-ring (bicyclic) bond motifs is 1. The van der Waals surface area contributed by atoms with Gasteiger partial charge in [-0.3, -0.25) is 0 Å². The van der Waals surface area contributed by atoms with Gasteiger partial charge in [0.1, 0.15) is 12.4 Å². The van der Waals surface area contributed by atoms with Gasteiger partial charge in [0.05, 0.1) is 21.8 Å². The molecule has 4 aromatic rings. The molecule has 4 rings (SSSR count). The molecule has 0 amide bonds. The highest BCUT2D eigenvalue weighted by atomic mass is 127. The summed E-state index contributed by atoms with van der Waals surface area (Å²) in [5.41, 5.74) is 2.99. The number of ether oxygens (including phenoxy) is 2. The fourth-order valence-electron chi connectivity index (χ4n) is 3.56. The zero-order valence-electron chi connectivity index (χ0n) is 18.0. The van der Waals surface area contributed by atoms with E-state index < -0.39 is 0 Å². The number of hydrogen-bond acceptors (Lipinski definition) is 3. The highest BCUT2D eigenvalue weighted by Crippen LogP contribution is 2.36. The lowest BCUT2D eigenvalue weighted by Crippen LogP contribution is -2.02.